The zero-order valence-electron chi connectivity index (χ0n) is 31.7. The fourth-order valence-corrected chi connectivity index (χ4v) is 6.78. The summed E-state index contributed by atoms with van der Waals surface area (Å²) in [5, 5.41) is 5.77. The van der Waals surface area contributed by atoms with Crippen LogP contribution in [0.15, 0.2) is 48.5 Å². The maximum absolute atomic E-state index is 2.40. The Bertz CT molecular complexity index is 1210. The Balaban J connectivity index is -0.000000289. The van der Waals surface area contributed by atoms with Gasteiger partial charge in [-0.1, -0.05) is 129 Å². The standard InChI is InChI=1S/2C17H23.C4H8Si.4CH3.2Ti/c2*1-6-13-7-15-9-14(11(2)3)10-16(12(4)5)17(15)8-13;1-2-4-5-3-1;;;;;;/h2*7-12H,6H2,1-5H3;1-4H2;4*1H3;;/q2*-1;;4*-1;2*+3. The van der Waals surface area contributed by atoms with Gasteiger partial charge in [-0.3, -0.25) is 0 Å². The maximum Gasteiger partial charge on any atom is 3.00 e. The van der Waals surface area contributed by atoms with Crippen LogP contribution in [0.3, 0.4) is 0 Å². The van der Waals surface area contributed by atoms with E-state index >= 15 is 0 Å². The zero-order valence-corrected chi connectivity index (χ0v) is 35.8. The van der Waals surface area contributed by atoms with Crippen molar-refractivity contribution in [2.45, 2.75) is 131 Å². The van der Waals surface area contributed by atoms with Crippen molar-refractivity contribution in [2.24, 2.45) is 0 Å². The normalized spacial score (nSPS) is 11.7. The molecule has 1 heterocycles. The van der Waals surface area contributed by atoms with Crippen LogP contribution in [-0.2, 0) is 56.3 Å². The second kappa shape index (κ2) is 24.4. The Morgan fingerprint density at radius 1 is 0.533 bits per heavy atom. The topological polar surface area (TPSA) is 0 Å². The maximum atomic E-state index is 2.40. The first-order valence-electron chi connectivity index (χ1n) is 15.7. The molecule has 1 saturated heterocycles. The molecule has 0 N–H and O–H groups in total. The number of hydrogen-bond donors (Lipinski definition) is 0. The molecule has 0 aromatic heterocycles. The molecule has 1 aliphatic heterocycles. The van der Waals surface area contributed by atoms with Gasteiger partial charge in [0.25, 0.3) is 0 Å². The Morgan fingerprint density at radius 3 is 1.09 bits per heavy atom. The van der Waals surface area contributed by atoms with E-state index in [0.29, 0.717) is 23.7 Å². The molecule has 0 nitrogen and oxygen atoms in total. The molecule has 0 spiro atoms. The third-order valence-corrected chi connectivity index (χ3v) is 9.64. The first-order chi connectivity index (χ1) is 18.5. The van der Waals surface area contributed by atoms with Gasteiger partial charge < -0.3 is 29.7 Å². The van der Waals surface area contributed by atoms with Crippen molar-refractivity contribution in [1.82, 2.24) is 0 Å². The molecule has 0 atom stereocenters. The van der Waals surface area contributed by atoms with Crippen molar-refractivity contribution in [2.75, 3.05) is 0 Å². The summed E-state index contributed by atoms with van der Waals surface area (Å²) < 4.78 is 0. The number of benzene rings is 2. The quantitative estimate of drug-likeness (QED) is 0.139. The van der Waals surface area contributed by atoms with Gasteiger partial charge in [-0.05, 0) is 36.5 Å². The molecular formula is C42H66SiTi2. The third kappa shape index (κ3) is 14.1. The van der Waals surface area contributed by atoms with Crippen LogP contribution in [-0.4, -0.2) is 9.52 Å². The van der Waals surface area contributed by atoms with E-state index in [2.05, 4.69) is 118 Å². The van der Waals surface area contributed by atoms with Crippen molar-refractivity contribution >= 4 is 31.1 Å². The van der Waals surface area contributed by atoms with Crippen molar-refractivity contribution in [3.05, 3.63) is 112 Å². The van der Waals surface area contributed by atoms with Gasteiger partial charge in [0.05, 0.1) is 0 Å². The fraction of sp³-hybridized carbons (Fsp3) is 0.476. The summed E-state index contributed by atoms with van der Waals surface area (Å²) in [5.74, 6) is 2.42. The molecule has 4 radical (unpaired) electrons. The second-order valence-electron chi connectivity index (χ2n) is 12.7. The molecule has 5 rings (SSSR count). The smallest absolute Gasteiger partial charge is 0.358 e. The minimum atomic E-state index is 0. The van der Waals surface area contributed by atoms with Gasteiger partial charge in [0, 0.05) is 9.52 Å². The predicted octanol–water partition coefficient (Wildman–Crippen LogP) is 13.9. The Labute approximate surface area is 314 Å². The Kier molecular flexibility index (Phi) is 27.8. The number of aryl methyl sites for hydroxylation is 2. The molecule has 45 heavy (non-hydrogen) atoms. The Morgan fingerprint density at radius 2 is 0.867 bits per heavy atom. The van der Waals surface area contributed by atoms with Crippen molar-refractivity contribution in [3.63, 3.8) is 0 Å². The van der Waals surface area contributed by atoms with Gasteiger partial charge in [0.1, 0.15) is 0 Å². The minimum Gasteiger partial charge on any atom is -0.358 e. The molecule has 0 unspecified atom stereocenters. The van der Waals surface area contributed by atoms with E-state index in [1.54, 1.807) is 0 Å². The van der Waals surface area contributed by atoms with Crippen LogP contribution in [0, 0.1) is 29.7 Å². The van der Waals surface area contributed by atoms with Gasteiger partial charge in [-0.25, -0.2) is 0 Å². The average Bonchev–Trinajstić information content (AvgIpc) is 3.68. The second-order valence-corrected chi connectivity index (χ2v) is 14.2. The molecule has 1 fully saturated rings. The SMILES string of the molecule is C1CC[Si]C1.CCc1cc2c(C(C)C)cc(C(C)C)cc2[cH-]1.CCc1cc2c(C(C)C)cc(C(C)C)cc2[cH-]1.[CH3-].[CH3-].[CH3-].[CH3-].[Ti+3].[Ti+3]. The average molecular weight is 695 g/mol. The Hall–Kier alpha value is -0.695. The van der Waals surface area contributed by atoms with Crippen LogP contribution in [0.25, 0.3) is 21.5 Å². The van der Waals surface area contributed by atoms with Gasteiger partial charge in [-0.2, -0.15) is 12.1 Å². The van der Waals surface area contributed by atoms with E-state index in [4.69, 9.17) is 0 Å². The summed E-state index contributed by atoms with van der Waals surface area (Å²) in [5.41, 5.74) is 8.87. The van der Waals surface area contributed by atoms with Crippen LogP contribution in [0.4, 0.5) is 0 Å². The van der Waals surface area contributed by atoms with E-state index in [-0.39, 0.29) is 73.1 Å². The van der Waals surface area contributed by atoms with Crippen LogP contribution in [0.2, 0.25) is 12.1 Å². The van der Waals surface area contributed by atoms with Gasteiger partial charge >= 0.3 is 43.4 Å². The van der Waals surface area contributed by atoms with E-state index < -0.39 is 0 Å². The van der Waals surface area contributed by atoms with Crippen LogP contribution < -0.4 is 0 Å². The largest absolute Gasteiger partial charge is 3.00 e. The molecular weight excluding hydrogens is 628 g/mol. The van der Waals surface area contributed by atoms with Crippen molar-refractivity contribution in [1.29, 1.82) is 0 Å². The van der Waals surface area contributed by atoms with Crippen molar-refractivity contribution in [3.8, 4) is 0 Å². The van der Waals surface area contributed by atoms with E-state index in [1.165, 1.54) is 89.4 Å². The van der Waals surface area contributed by atoms with E-state index in [0.717, 1.165) is 12.8 Å². The monoisotopic (exact) mass is 694 g/mol. The molecule has 4 aromatic rings. The van der Waals surface area contributed by atoms with Crippen LogP contribution >= 0.6 is 0 Å². The molecule has 1 aliphatic rings. The molecule has 0 bridgehead atoms. The first kappa shape index (κ1) is 51.1. The number of rotatable bonds is 6. The number of fused-ring (bicyclic) bond motifs is 2. The van der Waals surface area contributed by atoms with E-state index in [1.807, 2.05) is 0 Å². The molecule has 3 heteroatoms. The third-order valence-electron chi connectivity index (χ3n) is 8.22. The van der Waals surface area contributed by atoms with Crippen LogP contribution in [0.1, 0.15) is 139 Å². The van der Waals surface area contributed by atoms with Gasteiger partial charge in [0.15, 0.2) is 0 Å². The summed E-state index contributed by atoms with van der Waals surface area (Å²) in [4.78, 5) is 0. The molecule has 0 amide bonds. The molecule has 0 saturated carbocycles. The molecule has 4 aromatic carbocycles. The summed E-state index contributed by atoms with van der Waals surface area (Å²) in [6.07, 6.45) is 5.28. The first-order valence-corrected chi connectivity index (χ1v) is 17.1. The van der Waals surface area contributed by atoms with E-state index in [9.17, 15) is 0 Å². The molecule has 246 valence electrons. The van der Waals surface area contributed by atoms with Crippen molar-refractivity contribution < 1.29 is 43.4 Å². The van der Waals surface area contributed by atoms with Gasteiger partial charge in [-0.15, -0.1) is 56.9 Å². The summed E-state index contributed by atoms with van der Waals surface area (Å²) >= 11 is 0. The van der Waals surface area contributed by atoms with Gasteiger partial charge in [0.2, 0.25) is 0 Å². The predicted molar refractivity (Wildman–Crippen MR) is 204 cm³/mol. The van der Waals surface area contributed by atoms with Crippen LogP contribution in [0.5, 0.6) is 0 Å². The summed E-state index contributed by atoms with van der Waals surface area (Å²) in [6.45, 7) is 22.7. The fourth-order valence-electron chi connectivity index (χ4n) is 5.53. The summed E-state index contributed by atoms with van der Waals surface area (Å²) in [6, 6.07) is 22.0. The number of hydrogen-bond acceptors (Lipinski definition) is 0. The zero-order chi connectivity index (χ0) is 28.7. The minimum absolute atomic E-state index is 0. The molecule has 0 aliphatic carbocycles. The summed E-state index contributed by atoms with van der Waals surface area (Å²) in [7, 11) is 1.31.